The van der Waals surface area contributed by atoms with E-state index in [2.05, 4.69) is 0 Å². The Bertz CT molecular complexity index is 817. The van der Waals surface area contributed by atoms with E-state index in [1.54, 1.807) is 0 Å². The van der Waals surface area contributed by atoms with Crippen LogP contribution in [-0.2, 0) is 29.4 Å². The molecule has 3 rings (SSSR count). The number of rotatable bonds is 6. The molecule has 2 aromatic rings. The molecule has 142 valence electrons. The first kappa shape index (κ1) is 18.9. The van der Waals surface area contributed by atoms with Crippen molar-refractivity contribution in [2.75, 3.05) is 14.2 Å². The predicted molar refractivity (Wildman–Crippen MR) is 98.8 cm³/mol. The van der Waals surface area contributed by atoms with Crippen LogP contribution in [0.4, 0.5) is 0 Å². The molecule has 1 saturated carbocycles. The number of methoxy groups -OCH3 is 2. The zero-order valence-corrected chi connectivity index (χ0v) is 15.5. The van der Waals surface area contributed by atoms with Crippen LogP contribution in [-0.4, -0.2) is 36.5 Å². The molecule has 1 aromatic carbocycles. The lowest BCUT2D eigenvalue weighted by atomic mass is 9.83. The summed E-state index contributed by atoms with van der Waals surface area (Å²) < 4.78 is 11.4. The van der Waals surface area contributed by atoms with Gasteiger partial charge in [-0.05, 0) is 30.5 Å². The molecule has 0 spiro atoms. The van der Waals surface area contributed by atoms with Crippen LogP contribution in [0.3, 0.4) is 0 Å². The molecule has 6 heteroatoms. The first-order chi connectivity index (χ1) is 13.0. The Morgan fingerprint density at radius 3 is 2.07 bits per heavy atom. The number of carbonyl (C=O) groups excluding carboxylic acids is 3. The van der Waals surface area contributed by atoms with Gasteiger partial charge in [0.05, 0.1) is 14.2 Å². The van der Waals surface area contributed by atoms with Gasteiger partial charge < -0.3 is 14.0 Å². The van der Waals surface area contributed by atoms with E-state index in [1.807, 2.05) is 53.2 Å². The number of nitrogens with zero attached hydrogens (tertiary/aromatic N) is 1. The van der Waals surface area contributed by atoms with Crippen molar-refractivity contribution >= 4 is 17.7 Å². The SMILES string of the molecule is COC(=O)C(C(=O)OC)C(=O)C1(n2cccc2-c2ccccc2)CCCC1. The van der Waals surface area contributed by atoms with E-state index in [1.165, 1.54) is 0 Å². The van der Waals surface area contributed by atoms with Crippen LogP contribution in [0.1, 0.15) is 25.7 Å². The Morgan fingerprint density at radius 1 is 0.926 bits per heavy atom. The van der Waals surface area contributed by atoms with Gasteiger partial charge in [-0.1, -0.05) is 43.2 Å². The fraction of sp³-hybridized carbons (Fsp3) is 0.381. The monoisotopic (exact) mass is 369 g/mol. The maximum Gasteiger partial charge on any atom is 0.327 e. The quantitative estimate of drug-likeness (QED) is 0.578. The third kappa shape index (κ3) is 3.27. The molecule has 0 radical (unpaired) electrons. The van der Waals surface area contributed by atoms with Crippen molar-refractivity contribution in [3.63, 3.8) is 0 Å². The fourth-order valence-electron chi connectivity index (χ4n) is 3.98. The molecule has 0 unspecified atom stereocenters. The zero-order valence-electron chi connectivity index (χ0n) is 15.5. The summed E-state index contributed by atoms with van der Waals surface area (Å²) in [5, 5.41) is 0. The Balaban J connectivity index is 2.10. The molecule has 1 aromatic heterocycles. The van der Waals surface area contributed by atoms with Crippen molar-refractivity contribution in [1.82, 2.24) is 4.57 Å². The number of hydrogen-bond donors (Lipinski definition) is 0. The maximum absolute atomic E-state index is 13.5. The molecule has 1 aliphatic rings. The van der Waals surface area contributed by atoms with Crippen molar-refractivity contribution in [1.29, 1.82) is 0 Å². The molecule has 0 aliphatic heterocycles. The van der Waals surface area contributed by atoms with Crippen LogP contribution < -0.4 is 0 Å². The third-order valence-electron chi connectivity index (χ3n) is 5.30. The summed E-state index contributed by atoms with van der Waals surface area (Å²) in [6.07, 6.45) is 4.65. The van der Waals surface area contributed by atoms with Crippen LogP contribution in [0.15, 0.2) is 48.7 Å². The average molecular weight is 369 g/mol. The van der Waals surface area contributed by atoms with Crippen LogP contribution in [0.25, 0.3) is 11.3 Å². The topological polar surface area (TPSA) is 74.6 Å². The molecule has 6 nitrogen and oxygen atoms in total. The van der Waals surface area contributed by atoms with Crippen LogP contribution >= 0.6 is 0 Å². The number of aromatic nitrogens is 1. The minimum absolute atomic E-state index is 0.466. The molecule has 27 heavy (non-hydrogen) atoms. The van der Waals surface area contributed by atoms with Gasteiger partial charge in [-0.2, -0.15) is 0 Å². The number of benzene rings is 1. The second-order valence-corrected chi connectivity index (χ2v) is 6.71. The van der Waals surface area contributed by atoms with Gasteiger partial charge in [0.25, 0.3) is 0 Å². The number of ether oxygens (including phenoxy) is 2. The summed E-state index contributed by atoms with van der Waals surface area (Å²) in [6, 6.07) is 13.5. The Hall–Kier alpha value is -2.89. The Labute approximate surface area is 158 Å². The highest BCUT2D eigenvalue weighted by Gasteiger charge is 2.51. The number of Topliss-reactive ketones (excluding diaryl/α,β-unsaturated/α-hetero) is 1. The van der Waals surface area contributed by atoms with Gasteiger partial charge in [0.1, 0.15) is 5.54 Å². The summed E-state index contributed by atoms with van der Waals surface area (Å²) in [7, 11) is 2.33. The van der Waals surface area contributed by atoms with Crippen LogP contribution in [0, 0.1) is 5.92 Å². The predicted octanol–water partition coefficient (Wildman–Crippen LogP) is 2.96. The molecule has 0 bridgehead atoms. The summed E-state index contributed by atoms with van der Waals surface area (Å²) in [6.45, 7) is 0. The Kier molecular flexibility index (Phi) is 5.44. The largest absolute Gasteiger partial charge is 0.468 e. The van der Waals surface area contributed by atoms with E-state index in [9.17, 15) is 14.4 Å². The van der Waals surface area contributed by atoms with E-state index >= 15 is 0 Å². The van der Waals surface area contributed by atoms with Crippen molar-refractivity contribution < 1.29 is 23.9 Å². The first-order valence-electron chi connectivity index (χ1n) is 8.98. The molecule has 0 N–H and O–H groups in total. The zero-order chi connectivity index (χ0) is 19.4. The van der Waals surface area contributed by atoms with Gasteiger partial charge in [0.2, 0.25) is 5.92 Å². The normalized spacial score (nSPS) is 15.5. The molecule has 0 atom stereocenters. The second kappa shape index (κ2) is 7.78. The summed E-state index contributed by atoms with van der Waals surface area (Å²) in [5.74, 6) is -3.81. The average Bonchev–Trinajstić information content (AvgIpc) is 3.38. The minimum Gasteiger partial charge on any atom is -0.468 e. The number of hydrogen-bond acceptors (Lipinski definition) is 5. The van der Waals surface area contributed by atoms with E-state index in [0.717, 1.165) is 38.3 Å². The highest BCUT2D eigenvalue weighted by molar-refractivity contribution is 6.17. The summed E-state index contributed by atoms with van der Waals surface area (Å²) >= 11 is 0. The van der Waals surface area contributed by atoms with E-state index in [4.69, 9.17) is 9.47 Å². The van der Waals surface area contributed by atoms with E-state index < -0.39 is 29.2 Å². The smallest absolute Gasteiger partial charge is 0.327 e. The van der Waals surface area contributed by atoms with Gasteiger partial charge in [0.15, 0.2) is 5.78 Å². The van der Waals surface area contributed by atoms with Gasteiger partial charge in [-0.25, -0.2) is 0 Å². The molecule has 0 saturated heterocycles. The number of esters is 2. The summed E-state index contributed by atoms with van der Waals surface area (Å²) in [5.41, 5.74) is 0.871. The van der Waals surface area contributed by atoms with Gasteiger partial charge in [0, 0.05) is 11.9 Å². The molecule has 1 fully saturated rings. The maximum atomic E-state index is 13.5. The van der Waals surface area contributed by atoms with E-state index in [-0.39, 0.29) is 0 Å². The van der Waals surface area contributed by atoms with Crippen molar-refractivity contribution in [2.45, 2.75) is 31.2 Å². The lowest BCUT2D eigenvalue weighted by Crippen LogP contribution is -2.48. The Morgan fingerprint density at radius 2 is 1.52 bits per heavy atom. The standard InChI is InChI=1S/C21H23NO5/c1-26-19(24)17(20(25)27-2)18(23)21(12-6-7-13-21)22-14-8-11-16(22)15-9-4-3-5-10-15/h3-5,8-11,14,17H,6-7,12-13H2,1-2H3. The molecule has 1 aliphatic carbocycles. The summed E-state index contributed by atoms with van der Waals surface area (Å²) in [4.78, 5) is 38.0. The number of ketones is 1. The van der Waals surface area contributed by atoms with E-state index in [0.29, 0.717) is 12.8 Å². The molecular weight excluding hydrogens is 346 g/mol. The lowest BCUT2D eigenvalue weighted by molar-refractivity contribution is -0.163. The first-order valence-corrected chi connectivity index (χ1v) is 8.98. The van der Waals surface area contributed by atoms with Crippen molar-refractivity contribution in [3.05, 3.63) is 48.7 Å². The van der Waals surface area contributed by atoms with Crippen molar-refractivity contribution in [3.8, 4) is 11.3 Å². The molecule has 1 heterocycles. The minimum atomic E-state index is -1.58. The van der Waals surface area contributed by atoms with Crippen molar-refractivity contribution in [2.24, 2.45) is 5.92 Å². The number of carbonyl (C=O) groups is 3. The second-order valence-electron chi connectivity index (χ2n) is 6.71. The van der Waals surface area contributed by atoms with Crippen LogP contribution in [0.5, 0.6) is 0 Å². The molecular formula is C21H23NO5. The fourth-order valence-corrected chi connectivity index (χ4v) is 3.98. The lowest BCUT2D eigenvalue weighted by Gasteiger charge is -2.33. The van der Waals surface area contributed by atoms with Gasteiger partial charge >= 0.3 is 11.9 Å². The van der Waals surface area contributed by atoms with Crippen LogP contribution in [0.2, 0.25) is 0 Å². The third-order valence-corrected chi connectivity index (χ3v) is 5.30. The highest BCUT2D eigenvalue weighted by atomic mass is 16.5. The highest BCUT2D eigenvalue weighted by Crippen LogP contribution is 2.42. The van der Waals surface area contributed by atoms with Gasteiger partial charge in [-0.15, -0.1) is 0 Å². The van der Waals surface area contributed by atoms with Gasteiger partial charge in [-0.3, -0.25) is 14.4 Å². The molecule has 0 amide bonds.